The van der Waals surface area contributed by atoms with E-state index in [-0.39, 0.29) is 5.91 Å². The first-order chi connectivity index (χ1) is 12.8. The normalized spacial score (nSPS) is 20.8. The lowest BCUT2D eigenvalue weighted by atomic mass is 9.91. The Bertz CT molecular complexity index is 813. The molecular weight excluding hydrogens is 340 g/mol. The lowest BCUT2D eigenvalue weighted by molar-refractivity contribution is 0.0578. The molecule has 2 fully saturated rings. The molecule has 1 aliphatic heterocycles. The van der Waals surface area contributed by atoms with Gasteiger partial charge in [-0.3, -0.25) is 9.69 Å². The molecule has 2 aliphatic carbocycles. The first-order valence-electron chi connectivity index (χ1n) is 10.0. The summed E-state index contributed by atoms with van der Waals surface area (Å²) < 4.78 is 0. The molecule has 1 aromatic carbocycles. The van der Waals surface area contributed by atoms with E-state index in [4.69, 9.17) is 0 Å². The van der Waals surface area contributed by atoms with E-state index in [1.54, 1.807) is 11.3 Å². The van der Waals surface area contributed by atoms with Crippen molar-refractivity contribution in [3.63, 3.8) is 0 Å². The topological polar surface area (TPSA) is 23.6 Å². The largest absolute Gasteiger partial charge is 0.335 e. The third kappa shape index (κ3) is 2.89. The second-order valence-electron chi connectivity index (χ2n) is 7.89. The molecule has 0 atom stereocenters. The van der Waals surface area contributed by atoms with Gasteiger partial charge in [-0.25, -0.2) is 0 Å². The van der Waals surface area contributed by atoms with Crippen molar-refractivity contribution < 1.29 is 4.79 Å². The van der Waals surface area contributed by atoms with Crippen molar-refractivity contribution in [2.45, 2.75) is 44.6 Å². The van der Waals surface area contributed by atoms with Crippen LogP contribution < -0.4 is 0 Å². The zero-order chi connectivity index (χ0) is 17.5. The van der Waals surface area contributed by atoms with Gasteiger partial charge in [0.1, 0.15) is 0 Å². The number of thiophene rings is 1. The summed E-state index contributed by atoms with van der Waals surface area (Å²) in [7, 11) is 0. The summed E-state index contributed by atoms with van der Waals surface area (Å²) in [4.78, 5) is 20.0. The fourth-order valence-electron chi connectivity index (χ4n) is 4.89. The molecule has 3 nitrogen and oxygen atoms in total. The highest BCUT2D eigenvalue weighted by Gasteiger charge is 2.29. The Kier molecular flexibility index (Phi) is 4.33. The zero-order valence-corrected chi connectivity index (χ0v) is 16.1. The summed E-state index contributed by atoms with van der Waals surface area (Å²) in [5.41, 5.74) is 4.12. The van der Waals surface area contributed by atoms with Crippen LogP contribution in [0.4, 0.5) is 0 Å². The predicted octanol–water partition coefficient (Wildman–Crippen LogP) is 4.21. The van der Waals surface area contributed by atoms with Crippen LogP contribution >= 0.6 is 11.3 Å². The first-order valence-corrected chi connectivity index (χ1v) is 10.9. The number of amides is 1. The van der Waals surface area contributed by atoms with E-state index >= 15 is 0 Å². The molecule has 1 aromatic heterocycles. The number of hydrogen-bond acceptors (Lipinski definition) is 3. The average molecular weight is 367 g/mol. The summed E-state index contributed by atoms with van der Waals surface area (Å²) in [6.07, 6.45) is 7.62. The summed E-state index contributed by atoms with van der Waals surface area (Å²) in [5, 5.41) is 0. The maximum Gasteiger partial charge on any atom is 0.264 e. The van der Waals surface area contributed by atoms with E-state index < -0.39 is 0 Å². The van der Waals surface area contributed by atoms with Gasteiger partial charge in [0.25, 0.3) is 5.91 Å². The standard InChI is InChI=1S/C22H26N2OS/c25-22(24-13-11-23(12-14-24)18-6-2-3-7-18)20-15-17-10-9-16-5-1-4-8-19(16)21(17)26-20/h1,4-5,8,15,18H,2-3,6-7,9-14H2. The fraction of sp³-hybridized carbons (Fsp3) is 0.500. The Labute approximate surface area is 159 Å². The van der Waals surface area contributed by atoms with Gasteiger partial charge >= 0.3 is 0 Å². The Morgan fingerprint density at radius 2 is 1.69 bits per heavy atom. The maximum atomic E-state index is 13.1. The van der Waals surface area contributed by atoms with Crippen LogP contribution in [-0.2, 0) is 12.8 Å². The van der Waals surface area contributed by atoms with Gasteiger partial charge in [0.05, 0.1) is 4.88 Å². The van der Waals surface area contributed by atoms with Crippen molar-refractivity contribution >= 4 is 17.2 Å². The molecule has 1 amide bonds. The number of benzene rings is 1. The monoisotopic (exact) mass is 366 g/mol. The van der Waals surface area contributed by atoms with Crippen LogP contribution in [0.1, 0.15) is 46.5 Å². The minimum Gasteiger partial charge on any atom is -0.335 e. The Hall–Kier alpha value is -1.65. The van der Waals surface area contributed by atoms with Crippen LogP contribution in [0.2, 0.25) is 0 Å². The highest BCUT2D eigenvalue weighted by atomic mass is 32.1. The van der Waals surface area contributed by atoms with Gasteiger partial charge in [-0.1, -0.05) is 37.1 Å². The van der Waals surface area contributed by atoms with Crippen molar-refractivity contribution in [2.24, 2.45) is 0 Å². The van der Waals surface area contributed by atoms with E-state index in [1.807, 2.05) is 0 Å². The van der Waals surface area contributed by atoms with Crippen molar-refractivity contribution in [1.29, 1.82) is 0 Å². The molecule has 0 spiro atoms. The molecule has 0 bridgehead atoms. The molecule has 2 aromatic rings. The lowest BCUT2D eigenvalue weighted by Crippen LogP contribution is -2.51. The first kappa shape index (κ1) is 16.5. The fourth-order valence-corrected chi connectivity index (χ4v) is 6.13. The van der Waals surface area contributed by atoms with Gasteiger partial charge in [0.15, 0.2) is 0 Å². The van der Waals surface area contributed by atoms with E-state index in [1.165, 1.54) is 47.3 Å². The number of nitrogens with zero attached hydrogens (tertiary/aromatic N) is 2. The number of hydrogen-bond donors (Lipinski definition) is 0. The van der Waals surface area contributed by atoms with E-state index in [9.17, 15) is 4.79 Å². The van der Waals surface area contributed by atoms with Crippen molar-refractivity contribution in [3.05, 3.63) is 46.3 Å². The molecule has 0 unspecified atom stereocenters. The summed E-state index contributed by atoms with van der Waals surface area (Å²) in [6, 6.07) is 11.6. The summed E-state index contributed by atoms with van der Waals surface area (Å²) in [5.74, 6) is 0.243. The van der Waals surface area contributed by atoms with Gasteiger partial charge in [-0.15, -0.1) is 11.3 Å². The molecule has 2 heterocycles. The SMILES string of the molecule is O=C(c1cc2c(s1)-c1ccccc1CC2)N1CCN(C2CCCC2)CC1. The van der Waals surface area contributed by atoms with Crippen LogP contribution in [-0.4, -0.2) is 47.9 Å². The van der Waals surface area contributed by atoms with Gasteiger partial charge in [-0.05, 0) is 48.4 Å². The molecule has 0 radical (unpaired) electrons. The number of carbonyl (C=O) groups is 1. The molecule has 26 heavy (non-hydrogen) atoms. The highest BCUT2D eigenvalue weighted by molar-refractivity contribution is 7.17. The van der Waals surface area contributed by atoms with E-state index in [2.05, 4.69) is 40.1 Å². The van der Waals surface area contributed by atoms with Gasteiger partial charge < -0.3 is 4.90 Å². The summed E-state index contributed by atoms with van der Waals surface area (Å²) in [6.45, 7) is 3.86. The van der Waals surface area contributed by atoms with Crippen molar-refractivity contribution in [2.75, 3.05) is 26.2 Å². The number of fused-ring (bicyclic) bond motifs is 3. The third-order valence-electron chi connectivity index (χ3n) is 6.39. The minimum atomic E-state index is 0.243. The summed E-state index contributed by atoms with van der Waals surface area (Å²) >= 11 is 1.70. The predicted molar refractivity (Wildman–Crippen MR) is 107 cm³/mol. The van der Waals surface area contributed by atoms with Crippen LogP contribution in [0.3, 0.4) is 0 Å². The number of piperazine rings is 1. The third-order valence-corrected chi connectivity index (χ3v) is 7.59. The molecule has 4 heteroatoms. The number of carbonyl (C=O) groups excluding carboxylic acids is 1. The van der Waals surface area contributed by atoms with Gasteiger partial charge in [-0.2, -0.15) is 0 Å². The molecule has 136 valence electrons. The molecule has 3 aliphatic rings. The van der Waals surface area contributed by atoms with E-state index in [0.717, 1.165) is 49.9 Å². The quantitative estimate of drug-likeness (QED) is 0.795. The second kappa shape index (κ2) is 6.82. The molecular formula is C22H26N2OS. The molecule has 1 saturated carbocycles. The van der Waals surface area contributed by atoms with Crippen LogP contribution in [0.5, 0.6) is 0 Å². The smallest absolute Gasteiger partial charge is 0.264 e. The van der Waals surface area contributed by atoms with Crippen LogP contribution in [0, 0.1) is 0 Å². The van der Waals surface area contributed by atoms with Gasteiger partial charge in [0.2, 0.25) is 0 Å². The maximum absolute atomic E-state index is 13.1. The Balaban J connectivity index is 1.31. The molecule has 1 saturated heterocycles. The lowest BCUT2D eigenvalue weighted by Gasteiger charge is -2.37. The Morgan fingerprint density at radius 1 is 0.962 bits per heavy atom. The van der Waals surface area contributed by atoms with Crippen LogP contribution in [0.15, 0.2) is 30.3 Å². The zero-order valence-electron chi connectivity index (χ0n) is 15.2. The number of rotatable bonds is 2. The minimum absolute atomic E-state index is 0.243. The second-order valence-corrected chi connectivity index (χ2v) is 8.94. The van der Waals surface area contributed by atoms with Crippen molar-refractivity contribution in [3.8, 4) is 10.4 Å². The number of aryl methyl sites for hydroxylation is 2. The van der Waals surface area contributed by atoms with Gasteiger partial charge in [0, 0.05) is 37.1 Å². The molecule has 0 N–H and O–H groups in total. The van der Waals surface area contributed by atoms with Crippen molar-refractivity contribution in [1.82, 2.24) is 9.80 Å². The molecule has 5 rings (SSSR count). The van der Waals surface area contributed by atoms with E-state index in [0.29, 0.717) is 0 Å². The average Bonchev–Trinajstić information content (AvgIpc) is 3.37. The van der Waals surface area contributed by atoms with Crippen LogP contribution in [0.25, 0.3) is 10.4 Å². The Morgan fingerprint density at radius 3 is 2.50 bits per heavy atom. The highest BCUT2D eigenvalue weighted by Crippen LogP contribution is 2.40.